The molecule has 4 nitrogen and oxygen atoms in total. The lowest BCUT2D eigenvalue weighted by atomic mass is 10.0. The van der Waals surface area contributed by atoms with Crippen LogP contribution in [0.1, 0.15) is 12.2 Å². The molecule has 1 aliphatic carbocycles. The van der Waals surface area contributed by atoms with E-state index in [1.807, 2.05) is 48.7 Å². The van der Waals surface area contributed by atoms with Gasteiger partial charge in [-0.25, -0.2) is 8.78 Å². The van der Waals surface area contributed by atoms with Gasteiger partial charge in [0.05, 0.1) is 5.52 Å². The minimum atomic E-state index is -2.54. The maximum Gasteiger partial charge on any atom is 0.252 e. The van der Waals surface area contributed by atoms with E-state index in [0.29, 0.717) is 11.5 Å². The molecule has 3 aromatic heterocycles. The van der Waals surface area contributed by atoms with Gasteiger partial charge in [-0.05, 0) is 23.8 Å². The zero-order valence-electron chi connectivity index (χ0n) is 13.2. The Morgan fingerprint density at radius 2 is 1.96 bits per heavy atom. The predicted octanol–water partition coefficient (Wildman–Crippen LogP) is 4.14. The zero-order valence-corrected chi connectivity index (χ0v) is 13.2. The molecule has 1 aromatic carbocycles. The van der Waals surface area contributed by atoms with Crippen LogP contribution in [0.3, 0.4) is 0 Å². The molecule has 1 saturated carbocycles. The van der Waals surface area contributed by atoms with Crippen molar-refractivity contribution in [1.29, 1.82) is 0 Å². The quantitative estimate of drug-likeness (QED) is 0.565. The summed E-state index contributed by atoms with van der Waals surface area (Å²) in [6, 6.07) is 13.8. The van der Waals surface area contributed by atoms with Crippen LogP contribution in [0.4, 0.5) is 8.78 Å². The molecule has 1 atom stereocenters. The van der Waals surface area contributed by atoms with Crippen LogP contribution in [0.25, 0.3) is 27.7 Å². The monoisotopic (exact) mass is 336 g/mol. The van der Waals surface area contributed by atoms with E-state index < -0.39 is 11.8 Å². The van der Waals surface area contributed by atoms with Gasteiger partial charge < -0.3 is 0 Å². The molecule has 0 N–H and O–H groups in total. The molecular weight excluding hydrogens is 322 g/mol. The number of rotatable bonds is 3. The Labute approximate surface area is 142 Å². The lowest BCUT2D eigenvalue weighted by molar-refractivity contribution is 0.0984. The first-order chi connectivity index (χ1) is 12.1. The second-order valence-electron chi connectivity index (χ2n) is 6.51. The number of fused-ring (bicyclic) bond motifs is 2. The van der Waals surface area contributed by atoms with E-state index in [2.05, 4.69) is 15.2 Å². The number of alkyl halides is 2. The second-order valence-corrected chi connectivity index (χ2v) is 6.51. The molecule has 25 heavy (non-hydrogen) atoms. The number of nitrogens with zero attached hydrogens (tertiary/aromatic N) is 4. The van der Waals surface area contributed by atoms with Crippen molar-refractivity contribution < 1.29 is 8.78 Å². The molecular formula is C19H14F2N4. The highest BCUT2D eigenvalue weighted by molar-refractivity contribution is 5.93. The molecule has 0 spiro atoms. The van der Waals surface area contributed by atoms with Crippen LogP contribution in [0.5, 0.6) is 0 Å². The number of para-hydroxylation sites is 1. The van der Waals surface area contributed by atoms with E-state index in [0.717, 1.165) is 22.0 Å². The van der Waals surface area contributed by atoms with E-state index in [1.165, 1.54) is 0 Å². The highest BCUT2D eigenvalue weighted by Gasteiger charge is 2.56. The Bertz CT molecular complexity index is 1100. The fourth-order valence-corrected chi connectivity index (χ4v) is 3.30. The van der Waals surface area contributed by atoms with Crippen LogP contribution < -0.4 is 0 Å². The van der Waals surface area contributed by atoms with Gasteiger partial charge in [0.15, 0.2) is 5.65 Å². The fourth-order valence-electron chi connectivity index (χ4n) is 3.30. The van der Waals surface area contributed by atoms with Gasteiger partial charge in [0.1, 0.15) is 5.82 Å². The maximum absolute atomic E-state index is 13.2. The third-order valence-electron chi connectivity index (χ3n) is 4.81. The number of pyridine rings is 2. The molecule has 0 bridgehead atoms. The first-order valence-electron chi connectivity index (χ1n) is 8.17. The van der Waals surface area contributed by atoms with Crippen molar-refractivity contribution in [3.05, 3.63) is 60.7 Å². The van der Waals surface area contributed by atoms with Crippen molar-refractivity contribution in [3.63, 3.8) is 0 Å². The van der Waals surface area contributed by atoms with Crippen LogP contribution >= 0.6 is 0 Å². The molecule has 1 fully saturated rings. The summed E-state index contributed by atoms with van der Waals surface area (Å²) in [7, 11) is 0. The Balaban J connectivity index is 1.57. The average Bonchev–Trinajstić information content (AvgIpc) is 3.04. The number of hydrogen-bond acceptors (Lipinski definition) is 3. The molecule has 0 aliphatic heterocycles. The third kappa shape index (κ3) is 2.36. The summed E-state index contributed by atoms with van der Waals surface area (Å²) < 4.78 is 28.1. The normalized spacial score (nSPS) is 18.7. The molecule has 6 heteroatoms. The van der Waals surface area contributed by atoms with Crippen molar-refractivity contribution in [2.24, 2.45) is 5.92 Å². The Hall–Kier alpha value is -2.89. The lowest BCUT2D eigenvalue weighted by Gasteiger charge is -2.06. The molecule has 5 rings (SSSR count). The lowest BCUT2D eigenvalue weighted by Crippen LogP contribution is -2.01. The zero-order chi connectivity index (χ0) is 17.0. The molecule has 0 radical (unpaired) electrons. The molecule has 0 saturated heterocycles. The minimum Gasteiger partial charge on any atom is -0.286 e. The van der Waals surface area contributed by atoms with E-state index in [-0.39, 0.29) is 12.8 Å². The Morgan fingerprint density at radius 3 is 2.80 bits per heavy atom. The van der Waals surface area contributed by atoms with Crippen LogP contribution in [0.2, 0.25) is 0 Å². The minimum absolute atomic E-state index is 0.0539. The van der Waals surface area contributed by atoms with E-state index in [4.69, 9.17) is 0 Å². The van der Waals surface area contributed by atoms with Crippen LogP contribution in [0, 0.1) is 5.92 Å². The Morgan fingerprint density at radius 1 is 1.12 bits per heavy atom. The summed E-state index contributed by atoms with van der Waals surface area (Å²) in [5.41, 5.74) is 3.57. The molecule has 4 aromatic rings. The van der Waals surface area contributed by atoms with Crippen LogP contribution in [-0.4, -0.2) is 25.5 Å². The van der Waals surface area contributed by atoms with E-state index >= 15 is 0 Å². The molecule has 1 unspecified atom stereocenters. The van der Waals surface area contributed by atoms with Crippen LogP contribution in [0.15, 0.2) is 54.9 Å². The van der Waals surface area contributed by atoms with Gasteiger partial charge in [-0.3, -0.25) is 9.38 Å². The van der Waals surface area contributed by atoms with Crippen molar-refractivity contribution in [2.45, 2.75) is 18.8 Å². The predicted molar refractivity (Wildman–Crippen MR) is 90.5 cm³/mol. The van der Waals surface area contributed by atoms with Gasteiger partial charge in [0, 0.05) is 42.1 Å². The fraction of sp³-hybridized carbons (Fsp3) is 0.211. The van der Waals surface area contributed by atoms with E-state index in [1.54, 1.807) is 10.6 Å². The van der Waals surface area contributed by atoms with Crippen molar-refractivity contribution >= 4 is 16.6 Å². The maximum atomic E-state index is 13.2. The first-order valence-corrected chi connectivity index (χ1v) is 8.17. The molecule has 124 valence electrons. The smallest absolute Gasteiger partial charge is 0.252 e. The highest BCUT2D eigenvalue weighted by Crippen LogP contribution is 2.50. The van der Waals surface area contributed by atoms with Gasteiger partial charge >= 0.3 is 0 Å². The van der Waals surface area contributed by atoms with Crippen molar-refractivity contribution in [1.82, 2.24) is 19.6 Å². The summed E-state index contributed by atoms with van der Waals surface area (Å²) >= 11 is 0. The van der Waals surface area contributed by atoms with Crippen molar-refractivity contribution in [3.8, 4) is 11.1 Å². The largest absolute Gasteiger partial charge is 0.286 e. The average molecular weight is 336 g/mol. The second kappa shape index (κ2) is 5.05. The number of aromatic nitrogens is 4. The van der Waals surface area contributed by atoms with Gasteiger partial charge in [-0.2, -0.15) is 0 Å². The number of halogens is 2. The summed E-state index contributed by atoms with van der Waals surface area (Å²) in [6.07, 6.45) is 3.82. The molecule has 1 aliphatic rings. The molecule has 0 amide bonds. The summed E-state index contributed by atoms with van der Waals surface area (Å²) in [6.45, 7) is 0. The summed E-state index contributed by atoms with van der Waals surface area (Å²) in [4.78, 5) is 4.48. The summed E-state index contributed by atoms with van der Waals surface area (Å²) in [5.74, 6) is -2.57. The number of benzene rings is 1. The topological polar surface area (TPSA) is 43.1 Å². The standard InChI is InChI=1S/C19H14F2N4/c20-19(21)11-14(19)10-17-24-23-16-9-13(6-8-25(16)17)15-5-1-3-12-4-2-7-22-18(12)15/h1-9,14H,10-11H2. The van der Waals surface area contributed by atoms with Gasteiger partial charge in [0.25, 0.3) is 5.92 Å². The Kier molecular flexibility index (Phi) is 2.92. The van der Waals surface area contributed by atoms with Crippen LogP contribution in [-0.2, 0) is 6.42 Å². The highest BCUT2D eigenvalue weighted by atomic mass is 19.3. The van der Waals surface area contributed by atoms with E-state index in [9.17, 15) is 8.78 Å². The summed E-state index contributed by atoms with van der Waals surface area (Å²) in [5, 5.41) is 9.33. The van der Waals surface area contributed by atoms with Gasteiger partial charge in [0.2, 0.25) is 0 Å². The van der Waals surface area contributed by atoms with Gasteiger partial charge in [-0.15, -0.1) is 10.2 Å². The van der Waals surface area contributed by atoms with Crippen molar-refractivity contribution in [2.75, 3.05) is 0 Å². The number of hydrogen-bond donors (Lipinski definition) is 0. The first kappa shape index (κ1) is 14.5. The van der Waals surface area contributed by atoms with Gasteiger partial charge in [-0.1, -0.05) is 24.3 Å². The SMILES string of the molecule is FC1(F)CC1Cc1nnc2cc(-c3cccc4cccnc34)ccn12. The third-order valence-corrected chi connectivity index (χ3v) is 4.81. The molecule has 3 heterocycles.